The molecule has 1 aromatic heterocycles. The molecule has 1 aromatic rings. The number of nitrogens with zero attached hydrogens (tertiary/aromatic N) is 1. The summed E-state index contributed by atoms with van der Waals surface area (Å²) in [5, 5.41) is 10.7. The first-order valence-electron chi connectivity index (χ1n) is 6.12. The van der Waals surface area contributed by atoms with Crippen LogP contribution in [0.1, 0.15) is 30.1 Å². The summed E-state index contributed by atoms with van der Waals surface area (Å²) >= 11 is 0. The Kier molecular flexibility index (Phi) is 3.85. The Labute approximate surface area is 107 Å². The maximum Gasteiger partial charge on any atom is 0.129 e. The van der Waals surface area contributed by atoms with E-state index >= 15 is 0 Å². The van der Waals surface area contributed by atoms with Crippen molar-refractivity contribution in [3.05, 3.63) is 23.4 Å². The summed E-state index contributed by atoms with van der Waals surface area (Å²) in [4.78, 5) is 4.05. The van der Waals surface area contributed by atoms with Gasteiger partial charge in [0.25, 0.3) is 0 Å². The number of ether oxygens (including phenoxy) is 2. The molecule has 0 aromatic carbocycles. The van der Waals surface area contributed by atoms with Gasteiger partial charge in [-0.2, -0.15) is 0 Å². The third-order valence-corrected chi connectivity index (χ3v) is 3.76. The fraction of sp³-hybridized carbons (Fsp3) is 0.615. The van der Waals surface area contributed by atoms with E-state index in [9.17, 15) is 5.11 Å². The highest BCUT2D eigenvalue weighted by atomic mass is 16.5. The van der Waals surface area contributed by atoms with Crippen LogP contribution in [0.4, 0.5) is 5.82 Å². The maximum atomic E-state index is 10.7. The van der Waals surface area contributed by atoms with Crippen molar-refractivity contribution < 1.29 is 14.6 Å². The Hall–Kier alpha value is -1.17. The van der Waals surface area contributed by atoms with Gasteiger partial charge in [0.05, 0.1) is 0 Å². The normalized spacial score (nSPS) is 20.6. The molecule has 1 aliphatic rings. The molecule has 0 amide bonds. The zero-order valence-corrected chi connectivity index (χ0v) is 10.8. The van der Waals surface area contributed by atoms with Crippen molar-refractivity contribution in [2.45, 2.75) is 31.5 Å². The molecule has 100 valence electrons. The first-order chi connectivity index (χ1) is 8.60. The molecule has 2 rings (SSSR count). The average Bonchev–Trinajstić information content (AvgIpc) is 2.39. The molecule has 5 nitrogen and oxygen atoms in total. The summed E-state index contributed by atoms with van der Waals surface area (Å²) in [7, 11) is 1.62. The van der Waals surface area contributed by atoms with Gasteiger partial charge >= 0.3 is 0 Å². The molecule has 1 atom stereocenters. The van der Waals surface area contributed by atoms with Gasteiger partial charge < -0.3 is 20.3 Å². The van der Waals surface area contributed by atoms with Crippen LogP contribution >= 0.6 is 0 Å². The standard InChI is InChI=1S/C13H20N2O3/c1-9-3-6-15-12(14)10(9)11(16)13(17-2)4-7-18-8-5-13/h3,6,11,16H,4-5,7-8H2,1-2H3,(H2,14,15). The van der Waals surface area contributed by atoms with Crippen LogP contribution in [-0.2, 0) is 9.47 Å². The first kappa shape index (κ1) is 13.3. The highest BCUT2D eigenvalue weighted by Gasteiger charge is 2.42. The third-order valence-electron chi connectivity index (χ3n) is 3.76. The molecular formula is C13H20N2O3. The summed E-state index contributed by atoms with van der Waals surface area (Å²) in [5.74, 6) is 0.366. The Morgan fingerprint density at radius 2 is 2.17 bits per heavy atom. The highest BCUT2D eigenvalue weighted by molar-refractivity contribution is 5.46. The molecule has 18 heavy (non-hydrogen) atoms. The summed E-state index contributed by atoms with van der Waals surface area (Å²) in [6.07, 6.45) is 2.17. The SMILES string of the molecule is COC1(C(O)c2c(C)ccnc2N)CCOCC1. The van der Waals surface area contributed by atoms with Gasteiger partial charge in [-0.15, -0.1) is 0 Å². The quantitative estimate of drug-likeness (QED) is 0.845. The molecule has 1 fully saturated rings. The number of nitrogen functional groups attached to an aromatic ring is 1. The predicted octanol–water partition coefficient (Wildman–Crippen LogP) is 1.20. The monoisotopic (exact) mass is 252 g/mol. The highest BCUT2D eigenvalue weighted by Crippen LogP contribution is 2.39. The Balaban J connectivity index is 2.36. The fourth-order valence-corrected chi connectivity index (χ4v) is 2.52. The maximum absolute atomic E-state index is 10.7. The van der Waals surface area contributed by atoms with Gasteiger partial charge in [0, 0.05) is 44.9 Å². The zero-order chi connectivity index (χ0) is 13.2. The van der Waals surface area contributed by atoms with Crippen molar-refractivity contribution in [2.75, 3.05) is 26.1 Å². The summed E-state index contributed by atoms with van der Waals surface area (Å²) < 4.78 is 10.9. The fourth-order valence-electron chi connectivity index (χ4n) is 2.52. The van der Waals surface area contributed by atoms with Crippen LogP contribution in [0.15, 0.2) is 12.3 Å². The van der Waals surface area contributed by atoms with Gasteiger partial charge in [0.15, 0.2) is 0 Å². The smallest absolute Gasteiger partial charge is 0.129 e. The summed E-state index contributed by atoms with van der Waals surface area (Å²) in [5.41, 5.74) is 6.86. The lowest BCUT2D eigenvalue weighted by molar-refractivity contribution is -0.154. The van der Waals surface area contributed by atoms with Crippen LogP contribution in [0.25, 0.3) is 0 Å². The minimum atomic E-state index is -0.778. The van der Waals surface area contributed by atoms with Gasteiger partial charge in [0.1, 0.15) is 17.5 Å². The number of aliphatic hydroxyl groups excluding tert-OH is 1. The minimum Gasteiger partial charge on any atom is -0.385 e. The summed E-state index contributed by atoms with van der Waals surface area (Å²) in [6, 6.07) is 1.84. The van der Waals surface area contributed by atoms with Crippen molar-refractivity contribution >= 4 is 5.82 Å². The average molecular weight is 252 g/mol. The van der Waals surface area contributed by atoms with Crippen LogP contribution < -0.4 is 5.73 Å². The molecule has 5 heteroatoms. The molecule has 0 radical (unpaired) electrons. The van der Waals surface area contributed by atoms with Gasteiger partial charge in [-0.25, -0.2) is 4.98 Å². The van der Waals surface area contributed by atoms with Crippen molar-refractivity contribution in [1.29, 1.82) is 0 Å². The number of aromatic nitrogens is 1. The second kappa shape index (κ2) is 5.22. The van der Waals surface area contributed by atoms with Crippen LogP contribution in [0.5, 0.6) is 0 Å². The number of methoxy groups -OCH3 is 1. The lowest BCUT2D eigenvalue weighted by Gasteiger charge is -2.40. The molecule has 0 saturated carbocycles. The van der Waals surface area contributed by atoms with E-state index in [0.29, 0.717) is 37.4 Å². The van der Waals surface area contributed by atoms with E-state index in [1.54, 1.807) is 13.3 Å². The molecule has 0 aliphatic carbocycles. The van der Waals surface area contributed by atoms with E-state index in [4.69, 9.17) is 15.2 Å². The molecule has 3 N–H and O–H groups in total. The molecule has 1 unspecified atom stereocenters. The van der Waals surface area contributed by atoms with E-state index < -0.39 is 11.7 Å². The van der Waals surface area contributed by atoms with E-state index in [2.05, 4.69) is 4.98 Å². The Morgan fingerprint density at radius 1 is 1.50 bits per heavy atom. The first-order valence-corrected chi connectivity index (χ1v) is 6.12. The molecule has 0 spiro atoms. The van der Waals surface area contributed by atoms with Crippen molar-refractivity contribution in [3.63, 3.8) is 0 Å². The molecule has 1 aliphatic heterocycles. The van der Waals surface area contributed by atoms with Crippen molar-refractivity contribution in [2.24, 2.45) is 0 Å². The van der Waals surface area contributed by atoms with Gasteiger partial charge in [-0.1, -0.05) is 0 Å². The van der Waals surface area contributed by atoms with E-state index in [1.807, 2.05) is 13.0 Å². The Bertz CT molecular complexity index is 396. The number of rotatable bonds is 3. The van der Waals surface area contributed by atoms with Crippen LogP contribution in [0.2, 0.25) is 0 Å². The number of hydrogen-bond acceptors (Lipinski definition) is 5. The van der Waals surface area contributed by atoms with Crippen molar-refractivity contribution in [1.82, 2.24) is 4.98 Å². The minimum absolute atomic E-state index is 0.366. The number of pyridine rings is 1. The van der Waals surface area contributed by atoms with E-state index in [0.717, 1.165) is 5.56 Å². The molecule has 2 heterocycles. The van der Waals surface area contributed by atoms with Gasteiger partial charge in [-0.3, -0.25) is 0 Å². The van der Waals surface area contributed by atoms with Crippen LogP contribution in [-0.4, -0.2) is 36.0 Å². The number of hydrogen-bond donors (Lipinski definition) is 2. The van der Waals surface area contributed by atoms with Gasteiger partial charge in [-0.05, 0) is 18.6 Å². The second-order valence-electron chi connectivity index (χ2n) is 4.71. The summed E-state index contributed by atoms with van der Waals surface area (Å²) in [6.45, 7) is 3.09. The lowest BCUT2D eigenvalue weighted by Crippen LogP contribution is -2.44. The molecular weight excluding hydrogens is 232 g/mol. The van der Waals surface area contributed by atoms with Crippen molar-refractivity contribution in [3.8, 4) is 0 Å². The predicted molar refractivity (Wildman–Crippen MR) is 68.1 cm³/mol. The molecule has 1 saturated heterocycles. The number of anilines is 1. The lowest BCUT2D eigenvalue weighted by atomic mass is 9.83. The Morgan fingerprint density at radius 3 is 2.72 bits per heavy atom. The van der Waals surface area contributed by atoms with Gasteiger partial charge in [0.2, 0.25) is 0 Å². The van der Waals surface area contributed by atoms with E-state index in [-0.39, 0.29) is 0 Å². The van der Waals surface area contributed by atoms with E-state index in [1.165, 1.54) is 0 Å². The van der Waals surface area contributed by atoms with Crippen LogP contribution in [0, 0.1) is 6.92 Å². The molecule has 0 bridgehead atoms. The largest absolute Gasteiger partial charge is 0.385 e. The number of aliphatic hydroxyl groups is 1. The zero-order valence-electron chi connectivity index (χ0n) is 10.8. The topological polar surface area (TPSA) is 77.6 Å². The number of aryl methyl sites for hydroxylation is 1. The second-order valence-corrected chi connectivity index (χ2v) is 4.71. The number of nitrogens with two attached hydrogens (primary N) is 1. The third kappa shape index (κ3) is 2.21. The van der Waals surface area contributed by atoms with Crippen LogP contribution in [0.3, 0.4) is 0 Å².